The van der Waals surface area contributed by atoms with Crippen LogP contribution in [0.1, 0.15) is 18.1 Å². The molecule has 0 aliphatic rings. The minimum absolute atomic E-state index is 0.528. The van der Waals surface area contributed by atoms with E-state index in [4.69, 9.17) is 15.9 Å². The average molecular weight is 324 g/mol. The van der Waals surface area contributed by atoms with Gasteiger partial charge in [-0.2, -0.15) is 0 Å². The smallest absolute Gasteiger partial charge is 0.0670 e. The Bertz CT molecular complexity index is 657. The maximum absolute atomic E-state index is 7.43. The molecule has 0 spiro atoms. The summed E-state index contributed by atoms with van der Waals surface area (Å²) in [5.74, 6) is 0. The lowest BCUT2D eigenvalue weighted by Crippen LogP contribution is -2.04. The second-order valence-corrected chi connectivity index (χ2v) is 4.62. The fourth-order valence-electron chi connectivity index (χ4n) is 1.86. The Hall–Kier alpha value is -2.92. The number of ether oxygens (including phenoxy) is 1. The first-order valence-electron chi connectivity index (χ1n) is 7.63. The molecule has 24 heavy (non-hydrogen) atoms. The van der Waals surface area contributed by atoms with E-state index in [1.807, 2.05) is 43.5 Å². The average Bonchev–Trinajstić information content (AvgIpc) is 2.61. The molecule has 0 aromatic carbocycles. The van der Waals surface area contributed by atoms with Gasteiger partial charge in [0, 0.05) is 54.4 Å². The van der Waals surface area contributed by atoms with Crippen molar-refractivity contribution in [3.63, 3.8) is 0 Å². The third-order valence-electron chi connectivity index (χ3n) is 3.05. The van der Waals surface area contributed by atoms with Gasteiger partial charge in [-0.05, 0) is 36.8 Å². The standard InChI is InChI=1S/C19H24N4O/c1-3-5-6-18(9-12-24-4-2)23-11-7-16-15-22-10-8-19(16)17(13-20)14-21/h3,5-11,13-15,20,23H,1,4,12,21H2,2H3/b6-5-,11-7+,17-14+,18-9+,20-13?. The van der Waals surface area contributed by atoms with Crippen LogP contribution in [0.5, 0.6) is 0 Å². The Balaban J connectivity index is 2.91. The van der Waals surface area contributed by atoms with Crippen LogP contribution in [-0.4, -0.2) is 24.4 Å². The molecule has 0 atom stereocenters. The maximum atomic E-state index is 7.43. The molecule has 4 N–H and O–H groups in total. The van der Waals surface area contributed by atoms with E-state index in [1.54, 1.807) is 18.5 Å². The Labute approximate surface area is 143 Å². The van der Waals surface area contributed by atoms with Crippen LogP contribution in [0, 0.1) is 5.41 Å². The summed E-state index contributed by atoms with van der Waals surface area (Å²) in [5.41, 5.74) is 8.81. The van der Waals surface area contributed by atoms with Crippen LogP contribution in [0.25, 0.3) is 11.6 Å². The predicted molar refractivity (Wildman–Crippen MR) is 101 cm³/mol. The van der Waals surface area contributed by atoms with Crippen LogP contribution in [0.2, 0.25) is 0 Å². The fraction of sp³-hybridized carbons (Fsp3) is 0.158. The summed E-state index contributed by atoms with van der Waals surface area (Å²) in [4.78, 5) is 4.12. The molecule has 1 aromatic rings. The number of nitrogens with two attached hydrogens (primary N) is 1. The highest BCUT2D eigenvalue weighted by Crippen LogP contribution is 2.17. The summed E-state index contributed by atoms with van der Waals surface area (Å²) in [6.45, 7) is 6.82. The Kier molecular flexibility index (Phi) is 9.26. The number of allylic oxidation sites excluding steroid dienone is 4. The predicted octanol–water partition coefficient (Wildman–Crippen LogP) is 3.25. The normalized spacial score (nSPS) is 12.7. The second kappa shape index (κ2) is 11.6. The number of pyridine rings is 1. The molecule has 0 bridgehead atoms. The third kappa shape index (κ3) is 6.46. The molecular weight excluding hydrogens is 300 g/mol. The minimum atomic E-state index is 0.528. The Morgan fingerprint density at radius 3 is 3.00 bits per heavy atom. The zero-order valence-corrected chi connectivity index (χ0v) is 13.9. The summed E-state index contributed by atoms with van der Waals surface area (Å²) in [6, 6.07) is 1.83. The van der Waals surface area contributed by atoms with Crippen molar-refractivity contribution in [2.75, 3.05) is 13.2 Å². The van der Waals surface area contributed by atoms with Gasteiger partial charge in [-0.3, -0.25) is 4.98 Å². The Morgan fingerprint density at radius 2 is 2.33 bits per heavy atom. The van der Waals surface area contributed by atoms with Gasteiger partial charge in [-0.25, -0.2) is 0 Å². The molecule has 5 heteroatoms. The van der Waals surface area contributed by atoms with Crippen molar-refractivity contribution < 1.29 is 4.74 Å². The van der Waals surface area contributed by atoms with Crippen LogP contribution < -0.4 is 11.1 Å². The minimum Gasteiger partial charge on any atom is -0.404 e. The van der Waals surface area contributed by atoms with Gasteiger partial charge in [0.05, 0.1) is 6.61 Å². The van der Waals surface area contributed by atoms with Crippen molar-refractivity contribution >= 4 is 17.9 Å². The molecule has 0 fully saturated rings. The lowest BCUT2D eigenvalue weighted by atomic mass is 10.0. The van der Waals surface area contributed by atoms with E-state index in [0.717, 1.165) is 16.8 Å². The van der Waals surface area contributed by atoms with E-state index in [0.29, 0.717) is 18.8 Å². The summed E-state index contributed by atoms with van der Waals surface area (Å²) in [6.07, 6.45) is 17.1. The van der Waals surface area contributed by atoms with E-state index >= 15 is 0 Å². The zero-order valence-electron chi connectivity index (χ0n) is 13.9. The molecule has 1 rings (SSSR count). The molecule has 0 radical (unpaired) electrons. The number of hydrogen-bond acceptors (Lipinski definition) is 5. The van der Waals surface area contributed by atoms with Crippen molar-refractivity contribution in [2.45, 2.75) is 6.92 Å². The van der Waals surface area contributed by atoms with Gasteiger partial charge in [-0.1, -0.05) is 18.7 Å². The van der Waals surface area contributed by atoms with Crippen LogP contribution in [0.3, 0.4) is 0 Å². The number of nitrogens with one attached hydrogen (secondary N) is 2. The van der Waals surface area contributed by atoms with Crippen molar-refractivity contribution in [3.8, 4) is 0 Å². The highest BCUT2D eigenvalue weighted by Gasteiger charge is 2.02. The molecule has 1 heterocycles. The number of hydrogen-bond donors (Lipinski definition) is 3. The van der Waals surface area contributed by atoms with E-state index < -0.39 is 0 Å². The number of nitrogens with zero attached hydrogens (tertiary/aromatic N) is 1. The van der Waals surface area contributed by atoms with Crippen molar-refractivity contribution in [1.82, 2.24) is 10.3 Å². The molecular formula is C19H24N4O. The van der Waals surface area contributed by atoms with E-state index in [2.05, 4.69) is 16.9 Å². The molecule has 0 unspecified atom stereocenters. The third-order valence-corrected chi connectivity index (χ3v) is 3.05. The SMILES string of the molecule is C=C/C=C\C(=C/COCC)N/C=C/c1cnccc1/C(C=N)=C/N. The zero-order chi connectivity index (χ0) is 17.6. The van der Waals surface area contributed by atoms with Gasteiger partial charge in [-0.15, -0.1) is 0 Å². The molecule has 0 aliphatic heterocycles. The molecule has 0 saturated carbocycles. The lowest BCUT2D eigenvalue weighted by molar-refractivity contribution is 0.177. The van der Waals surface area contributed by atoms with Gasteiger partial charge in [0.1, 0.15) is 0 Å². The van der Waals surface area contributed by atoms with Crippen molar-refractivity contribution in [2.24, 2.45) is 5.73 Å². The second-order valence-electron chi connectivity index (χ2n) is 4.62. The maximum Gasteiger partial charge on any atom is 0.0670 e. The fourth-order valence-corrected chi connectivity index (χ4v) is 1.86. The van der Waals surface area contributed by atoms with Gasteiger partial charge in [0.15, 0.2) is 0 Å². The highest BCUT2D eigenvalue weighted by molar-refractivity contribution is 6.09. The van der Waals surface area contributed by atoms with Crippen LogP contribution >= 0.6 is 0 Å². The monoisotopic (exact) mass is 324 g/mol. The summed E-state index contributed by atoms with van der Waals surface area (Å²) in [5, 5.41) is 10.6. The van der Waals surface area contributed by atoms with Crippen LogP contribution in [0.4, 0.5) is 0 Å². The molecule has 1 aromatic heterocycles. The first-order chi connectivity index (χ1) is 11.8. The van der Waals surface area contributed by atoms with Gasteiger partial charge >= 0.3 is 0 Å². The quantitative estimate of drug-likeness (QED) is 0.350. The molecule has 5 nitrogen and oxygen atoms in total. The van der Waals surface area contributed by atoms with E-state index in [-0.39, 0.29) is 0 Å². The summed E-state index contributed by atoms with van der Waals surface area (Å²) in [7, 11) is 0. The molecule has 0 aliphatic carbocycles. The first kappa shape index (κ1) is 19.1. The van der Waals surface area contributed by atoms with Crippen molar-refractivity contribution in [3.05, 3.63) is 78.6 Å². The number of rotatable bonds is 10. The molecule has 0 saturated heterocycles. The summed E-state index contributed by atoms with van der Waals surface area (Å²) < 4.78 is 5.33. The largest absolute Gasteiger partial charge is 0.404 e. The molecule has 126 valence electrons. The highest BCUT2D eigenvalue weighted by atomic mass is 16.5. The van der Waals surface area contributed by atoms with Gasteiger partial charge in [0.25, 0.3) is 0 Å². The topological polar surface area (TPSA) is 84.0 Å². The first-order valence-corrected chi connectivity index (χ1v) is 7.63. The van der Waals surface area contributed by atoms with Gasteiger partial charge in [0.2, 0.25) is 0 Å². The lowest BCUT2D eigenvalue weighted by Gasteiger charge is -2.06. The van der Waals surface area contributed by atoms with Crippen molar-refractivity contribution in [1.29, 1.82) is 5.41 Å². The van der Waals surface area contributed by atoms with Crippen LogP contribution in [0.15, 0.2) is 67.4 Å². The van der Waals surface area contributed by atoms with Gasteiger partial charge < -0.3 is 21.2 Å². The van der Waals surface area contributed by atoms with E-state index in [9.17, 15) is 0 Å². The molecule has 0 amide bonds. The Morgan fingerprint density at radius 1 is 1.50 bits per heavy atom. The van der Waals surface area contributed by atoms with Crippen LogP contribution in [-0.2, 0) is 4.74 Å². The number of aromatic nitrogens is 1. The summed E-state index contributed by atoms with van der Waals surface area (Å²) >= 11 is 0. The van der Waals surface area contributed by atoms with E-state index in [1.165, 1.54) is 12.4 Å².